The fraction of sp³-hybridized carbons (Fsp3) is 0.208. The molecular weight excluding hydrogens is 402 g/mol. The zero-order chi connectivity index (χ0) is 22.5. The fourth-order valence-corrected chi connectivity index (χ4v) is 3.83. The number of aryl methyl sites for hydroxylation is 1. The molecule has 0 aliphatic rings. The Bertz CT molecular complexity index is 1430. The average Bonchev–Trinajstić information content (AvgIpc) is 3.37. The van der Waals surface area contributed by atoms with Crippen LogP contribution < -0.4 is 5.73 Å². The van der Waals surface area contributed by atoms with Crippen LogP contribution in [0.3, 0.4) is 0 Å². The van der Waals surface area contributed by atoms with Gasteiger partial charge in [0.25, 0.3) is 5.89 Å². The van der Waals surface area contributed by atoms with Crippen LogP contribution >= 0.6 is 0 Å². The minimum atomic E-state index is -0.188. The number of nitrogens with two attached hydrogens (primary N) is 1. The molecular formula is C24H23N7O. The maximum Gasteiger partial charge on any atom is 0.257 e. The first kappa shape index (κ1) is 19.9. The molecule has 0 bridgehead atoms. The average molecular weight is 425 g/mol. The van der Waals surface area contributed by atoms with E-state index in [2.05, 4.69) is 63.6 Å². The summed E-state index contributed by atoms with van der Waals surface area (Å²) < 4.78 is 7.62. The van der Waals surface area contributed by atoms with Gasteiger partial charge in [-0.05, 0) is 57.5 Å². The van der Waals surface area contributed by atoms with Crippen LogP contribution in [0, 0.1) is 6.92 Å². The summed E-state index contributed by atoms with van der Waals surface area (Å²) in [4.78, 5) is 17.6. The number of aromatic nitrogens is 6. The minimum Gasteiger partial charge on any atom is -0.368 e. The Morgan fingerprint density at radius 1 is 0.875 bits per heavy atom. The molecule has 32 heavy (non-hydrogen) atoms. The Morgan fingerprint density at radius 2 is 1.62 bits per heavy atom. The molecule has 0 unspecified atom stereocenters. The van der Waals surface area contributed by atoms with E-state index >= 15 is 0 Å². The first-order valence-corrected chi connectivity index (χ1v) is 10.3. The molecule has 8 heteroatoms. The van der Waals surface area contributed by atoms with E-state index in [-0.39, 0.29) is 11.5 Å². The van der Waals surface area contributed by atoms with E-state index in [1.54, 1.807) is 19.3 Å². The van der Waals surface area contributed by atoms with Gasteiger partial charge in [-0.25, -0.2) is 15.0 Å². The van der Waals surface area contributed by atoms with Crippen molar-refractivity contribution in [2.24, 2.45) is 0 Å². The molecule has 5 aromatic rings. The standard InChI is InChI=1S/C24H23N7O/c1-14-28-22(32-30-14)17-7-5-6-16(10-17)21-29-19-11-15(18-12-26-23(25)27-13-18)8-9-20(19)31(21)24(2,3)4/h5-13H,1-4H3,(H2,25,26,27). The Kier molecular flexibility index (Phi) is 4.51. The summed E-state index contributed by atoms with van der Waals surface area (Å²) in [7, 11) is 0. The summed E-state index contributed by atoms with van der Waals surface area (Å²) in [5.74, 6) is 2.22. The summed E-state index contributed by atoms with van der Waals surface area (Å²) >= 11 is 0. The van der Waals surface area contributed by atoms with Crippen molar-refractivity contribution in [1.82, 2.24) is 29.7 Å². The van der Waals surface area contributed by atoms with Gasteiger partial charge in [-0.2, -0.15) is 4.98 Å². The van der Waals surface area contributed by atoms with Crippen molar-refractivity contribution in [3.63, 3.8) is 0 Å². The summed E-state index contributed by atoms with van der Waals surface area (Å²) in [5.41, 5.74) is 11.1. The first-order valence-electron chi connectivity index (χ1n) is 10.3. The van der Waals surface area contributed by atoms with Gasteiger partial charge in [0, 0.05) is 34.6 Å². The van der Waals surface area contributed by atoms with Crippen molar-refractivity contribution in [3.8, 4) is 34.0 Å². The number of anilines is 1. The number of hydrogen-bond donors (Lipinski definition) is 1. The molecule has 2 aromatic carbocycles. The normalized spacial score (nSPS) is 11.9. The predicted octanol–water partition coefficient (Wildman–Crippen LogP) is 4.86. The molecule has 0 atom stereocenters. The Labute approximate surface area is 185 Å². The summed E-state index contributed by atoms with van der Waals surface area (Å²) in [6.45, 7) is 8.32. The molecule has 0 spiro atoms. The maximum absolute atomic E-state index is 5.63. The van der Waals surface area contributed by atoms with Gasteiger partial charge in [-0.3, -0.25) is 0 Å². The Balaban J connectivity index is 1.68. The van der Waals surface area contributed by atoms with Crippen molar-refractivity contribution in [2.75, 3.05) is 5.73 Å². The highest BCUT2D eigenvalue weighted by molar-refractivity contribution is 5.86. The van der Waals surface area contributed by atoms with E-state index in [9.17, 15) is 0 Å². The molecule has 0 aliphatic heterocycles. The van der Waals surface area contributed by atoms with E-state index in [1.807, 2.05) is 24.3 Å². The summed E-state index contributed by atoms with van der Waals surface area (Å²) in [6.07, 6.45) is 3.45. The maximum atomic E-state index is 5.63. The van der Waals surface area contributed by atoms with Gasteiger partial charge in [-0.1, -0.05) is 23.4 Å². The van der Waals surface area contributed by atoms with E-state index < -0.39 is 0 Å². The van der Waals surface area contributed by atoms with Crippen LogP contribution in [0.4, 0.5) is 5.95 Å². The van der Waals surface area contributed by atoms with Gasteiger partial charge in [0.2, 0.25) is 5.95 Å². The van der Waals surface area contributed by atoms with Gasteiger partial charge in [0.1, 0.15) is 5.82 Å². The van der Waals surface area contributed by atoms with Crippen molar-refractivity contribution >= 4 is 17.0 Å². The van der Waals surface area contributed by atoms with E-state index in [0.717, 1.165) is 39.1 Å². The van der Waals surface area contributed by atoms with E-state index in [0.29, 0.717) is 11.7 Å². The number of imidazole rings is 1. The van der Waals surface area contributed by atoms with Crippen LogP contribution in [-0.2, 0) is 5.54 Å². The Hall–Kier alpha value is -4.07. The van der Waals surface area contributed by atoms with E-state index in [4.69, 9.17) is 15.2 Å². The van der Waals surface area contributed by atoms with Crippen LogP contribution in [-0.4, -0.2) is 29.7 Å². The molecule has 0 radical (unpaired) electrons. The van der Waals surface area contributed by atoms with Crippen LogP contribution in [0.25, 0.3) is 45.0 Å². The second-order valence-corrected chi connectivity index (χ2v) is 8.70. The third-order valence-electron chi connectivity index (χ3n) is 5.23. The third-order valence-corrected chi connectivity index (χ3v) is 5.23. The number of benzene rings is 2. The molecule has 2 N–H and O–H groups in total. The molecule has 3 heterocycles. The smallest absolute Gasteiger partial charge is 0.257 e. The molecule has 160 valence electrons. The highest BCUT2D eigenvalue weighted by atomic mass is 16.5. The zero-order valence-electron chi connectivity index (χ0n) is 18.4. The predicted molar refractivity (Wildman–Crippen MR) is 124 cm³/mol. The lowest BCUT2D eigenvalue weighted by atomic mass is 10.0. The fourth-order valence-electron chi connectivity index (χ4n) is 3.83. The van der Waals surface area contributed by atoms with Crippen molar-refractivity contribution < 1.29 is 4.52 Å². The van der Waals surface area contributed by atoms with Crippen LogP contribution in [0.5, 0.6) is 0 Å². The van der Waals surface area contributed by atoms with Crippen LogP contribution in [0.2, 0.25) is 0 Å². The minimum absolute atomic E-state index is 0.188. The van der Waals surface area contributed by atoms with Crippen molar-refractivity contribution in [1.29, 1.82) is 0 Å². The quantitative estimate of drug-likeness (QED) is 0.440. The SMILES string of the molecule is Cc1noc(-c2cccc(-c3nc4cc(-c5cnc(N)nc5)ccc4n3C(C)(C)C)c2)n1. The molecule has 0 aliphatic carbocycles. The lowest BCUT2D eigenvalue weighted by Crippen LogP contribution is -2.22. The molecule has 0 saturated carbocycles. The van der Waals surface area contributed by atoms with Gasteiger partial charge in [0.05, 0.1) is 11.0 Å². The molecule has 0 saturated heterocycles. The number of fused-ring (bicyclic) bond motifs is 1. The van der Waals surface area contributed by atoms with Crippen molar-refractivity contribution in [3.05, 3.63) is 60.7 Å². The monoisotopic (exact) mass is 425 g/mol. The molecule has 3 aromatic heterocycles. The first-order chi connectivity index (χ1) is 15.3. The largest absolute Gasteiger partial charge is 0.368 e. The van der Waals surface area contributed by atoms with Crippen LogP contribution in [0.1, 0.15) is 26.6 Å². The molecule has 5 rings (SSSR count). The second kappa shape index (κ2) is 7.26. The second-order valence-electron chi connectivity index (χ2n) is 8.70. The summed E-state index contributed by atoms with van der Waals surface area (Å²) in [6, 6.07) is 14.2. The third kappa shape index (κ3) is 3.49. The molecule has 0 fully saturated rings. The molecule has 8 nitrogen and oxygen atoms in total. The highest BCUT2D eigenvalue weighted by Crippen LogP contribution is 2.34. The lowest BCUT2D eigenvalue weighted by Gasteiger charge is -2.25. The number of rotatable bonds is 3. The Morgan fingerprint density at radius 3 is 2.31 bits per heavy atom. The van der Waals surface area contributed by atoms with Crippen LogP contribution in [0.15, 0.2) is 59.4 Å². The van der Waals surface area contributed by atoms with E-state index in [1.165, 1.54) is 0 Å². The number of hydrogen-bond acceptors (Lipinski definition) is 7. The highest BCUT2D eigenvalue weighted by Gasteiger charge is 2.23. The van der Waals surface area contributed by atoms with Gasteiger partial charge >= 0.3 is 0 Å². The topological polar surface area (TPSA) is 109 Å². The van der Waals surface area contributed by atoms with Gasteiger partial charge in [0.15, 0.2) is 5.82 Å². The summed E-state index contributed by atoms with van der Waals surface area (Å²) in [5, 5.41) is 3.91. The molecule has 0 amide bonds. The van der Waals surface area contributed by atoms with Crippen molar-refractivity contribution in [2.45, 2.75) is 33.2 Å². The van der Waals surface area contributed by atoms with Gasteiger partial charge in [-0.15, -0.1) is 0 Å². The number of nitrogens with zero attached hydrogens (tertiary/aromatic N) is 6. The van der Waals surface area contributed by atoms with Gasteiger partial charge < -0.3 is 14.8 Å². The lowest BCUT2D eigenvalue weighted by molar-refractivity contribution is 0.413. The zero-order valence-corrected chi connectivity index (χ0v) is 18.4. The number of nitrogen functional groups attached to an aromatic ring is 1.